The van der Waals surface area contributed by atoms with Gasteiger partial charge in [0.15, 0.2) is 0 Å². The molecule has 6 nitrogen and oxygen atoms in total. The lowest BCUT2D eigenvalue weighted by Crippen LogP contribution is -2.35. The second-order valence-electron chi connectivity index (χ2n) is 5.10. The Bertz CT molecular complexity index is 500. The lowest BCUT2D eigenvalue weighted by molar-refractivity contribution is -0.131. The molecule has 1 aromatic rings. The average Bonchev–Trinajstić information content (AvgIpc) is 2.91. The third-order valence-electron chi connectivity index (χ3n) is 3.43. The van der Waals surface area contributed by atoms with E-state index in [0.717, 1.165) is 32.5 Å². The Balaban J connectivity index is 1.82. The van der Waals surface area contributed by atoms with E-state index in [9.17, 15) is 9.59 Å². The van der Waals surface area contributed by atoms with Crippen LogP contribution < -0.4 is 5.69 Å². The van der Waals surface area contributed by atoms with Crippen LogP contribution in [0.15, 0.2) is 23.3 Å². The SMILES string of the molecule is CCCOC[C@H]1CCN(C(=O)Cn2cccnc2=O)C1. The molecule has 0 aromatic carbocycles. The summed E-state index contributed by atoms with van der Waals surface area (Å²) in [6, 6.07) is 1.65. The van der Waals surface area contributed by atoms with Gasteiger partial charge in [0.1, 0.15) is 6.54 Å². The number of nitrogens with zero attached hydrogens (tertiary/aromatic N) is 3. The summed E-state index contributed by atoms with van der Waals surface area (Å²) in [6.07, 6.45) is 5.00. The van der Waals surface area contributed by atoms with Crippen LogP contribution in [-0.2, 0) is 16.1 Å². The van der Waals surface area contributed by atoms with Crippen LogP contribution in [0.3, 0.4) is 0 Å². The zero-order valence-corrected chi connectivity index (χ0v) is 11.8. The van der Waals surface area contributed by atoms with Crippen LogP contribution >= 0.6 is 0 Å². The highest BCUT2D eigenvalue weighted by molar-refractivity contribution is 5.76. The zero-order valence-electron chi connectivity index (χ0n) is 11.8. The summed E-state index contributed by atoms with van der Waals surface area (Å²) in [5.41, 5.74) is -0.386. The van der Waals surface area contributed by atoms with Crippen LogP contribution in [0.25, 0.3) is 0 Å². The van der Waals surface area contributed by atoms with Crippen molar-refractivity contribution < 1.29 is 9.53 Å². The Morgan fingerprint density at radius 1 is 1.55 bits per heavy atom. The largest absolute Gasteiger partial charge is 0.381 e. The molecule has 1 amide bonds. The fraction of sp³-hybridized carbons (Fsp3) is 0.643. The van der Waals surface area contributed by atoms with Crippen LogP contribution in [-0.4, -0.2) is 46.7 Å². The van der Waals surface area contributed by atoms with Crippen molar-refractivity contribution >= 4 is 5.91 Å². The van der Waals surface area contributed by atoms with Gasteiger partial charge in [0.2, 0.25) is 5.91 Å². The number of carbonyl (C=O) groups excluding carboxylic acids is 1. The Labute approximate surface area is 118 Å². The summed E-state index contributed by atoms with van der Waals surface area (Å²) in [5, 5.41) is 0. The van der Waals surface area contributed by atoms with Gasteiger partial charge < -0.3 is 9.64 Å². The second-order valence-corrected chi connectivity index (χ2v) is 5.10. The summed E-state index contributed by atoms with van der Waals surface area (Å²) in [5.74, 6) is 0.384. The summed E-state index contributed by atoms with van der Waals surface area (Å²) >= 11 is 0. The Morgan fingerprint density at radius 2 is 2.40 bits per heavy atom. The van der Waals surface area contributed by atoms with Crippen LogP contribution in [0.1, 0.15) is 19.8 Å². The van der Waals surface area contributed by atoms with Gasteiger partial charge in [-0.15, -0.1) is 0 Å². The van der Waals surface area contributed by atoms with Gasteiger partial charge >= 0.3 is 5.69 Å². The molecule has 0 spiro atoms. The van der Waals surface area contributed by atoms with Gasteiger partial charge in [-0.1, -0.05) is 6.92 Å². The molecule has 0 aliphatic carbocycles. The van der Waals surface area contributed by atoms with E-state index < -0.39 is 0 Å². The third-order valence-corrected chi connectivity index (χ3v) is 3.43. The van der Waals surface area contributed by atoms with Crippen LogP contribution in [0.4, 0.5) is 0 Å². The van der Waals surface area contributed by atoms with E-state index in [1.807, 2.05) is 0 Å². The Kier molecular flexibility index (Phi) is 5.29. The highest BCUT2D eigenvalue weighted by atomic mass is 16.5. The van der Waals surface area contributed by atoms with Crippen LogP contribution in [0.5, 0.6) is 0 Å². The normalized spacial score (nSPS) is 18.4. The number of carbonyl (C=O) groups is 1. The molecule has 0 unspecified atom stereocenters. The molecule has 110 valence electrons. The second kappa shape index (κ2) is 7.19. The minimum absolute atomic E-state index is 0.0295. The molecule has 1 aliphatic rings. The van der Waals surface area contributed by atoms with Gasteiger partial charge in [-0.2, -0.15) is 0 Å². The fourth-order valence-electron chi connectivity index (χ4n) is 2.34. The fourth-order valence-corrected chi connectivity index (χ4v) is 2.34. The molecule has 2 heterocycles. The topological polar surface area (TPSA) is 64.4 Å². The van der Waals surface area contributed by atoms with E-state index in [1.54, 1.807) is 17.2 Å². The molecular weight excluding hydrogens is 258 g/mol. The number of hydrogen-bond acceptors (Lipinski definition) is 4. The molecule has 1 saturated heterocycles. The lowest BCUT2D eigenvalue weighted by atomic mass is 10.1. The molecule has 20 heavy (non-hydrogen) atoms. The van der Waals surface area contributed by atoms with Crippen molar-refractivity contribution in [3.05, 3.63) is 28.9 Å². The predicted octanol–water partition coefficient (Wildman–Crippen LogP) is 0.518. The molecule has 0 radical (unpaired) electrons. The van der Waals surface area contributed by atoms with Gasteiger partial charge in [-0.25, -0.2) is 9.78 Å². The van der Waals surface area contributed by atoms with Gasteiger partial charge in [0.05, 0.1) is 6.61 Å². The molecule has 6 heteroatoms. The van der Waals surface area contributed by atoms with E-state index in [-0.39, 0.29) is 18.1 Å². The summed E-state index contributed by atoms with van der Waals surface area (Å²) < 4.78 is 6.87. The van der Waals surface area contributed by atoms with E-state index in [4.69, 9.17) is 4.74 Å². The van der Waals surface area contributed by atoms with Crippen molar-refractivity contribution in [2.45, 2.75) is 26.3 Å². The number of hydrogen-bond donors (Lipinski definition) is 0. The monoisotopic (exact) mass is 279 g/mol. The maximum Gasteiger partial charge on any atom is 0.347 e. The zero-order chi connectivity index (χ0) is 14.4. The average molecular weight is 279 g/mol. The standard InChI is InChI=1S/C14H21N3O3/c1-2-8-20-11-12-4-7-16(9-12)13(18)10-17-6-3-5-15-14(17)19/h3,5-6,12H,2,4,7-11H2,1H3/t12-/m0/s1. The molecular formula is C14H21N3O3. The molecule has 1 fully saturated rings. The van der Waals surface area contributed by atoms with Gasteiger partial charge in [-0.3, -0.25) is 9.36 Å². The van der Waals surface area contributed by atoms with Gasteiger partial charge in [0, 0.05) is 38.0 Å². The molecule has 2 rings (SSSR count). The summed E-state index contributed by atoms with van der Waals surface area (Å²) in [7, 11) is 0. The quantitative estimate of drug-likeness (QED) is 0.712. The highest BCUT2D eigenvalue weighted by Crippen LogP contribution is 2.16. The van der Waals surface area contributed by atoms with Crippen molar-refractivity contribution in [3.8, 4) is 0 Å². The Hall–Kier alpha value is -1.69. The van der Waals surface area contributed by atoms with Crippen molar-refractivity contribution in [1.29, 1.82) is 0 Å². The Morgan fingerprint density at radius 3 is 3.15 bits per heavy atom. The minimum atomic E-state index is -0.386. The van der Waals surface area contributed by atoms with Crippen molar-refractivity contribution in [2.24, 2.45) is 5.92 Å². The van der Waals surface area contributed by atoms with Crippen molar-refractivity contribution in [3.63, 3.8) is 0 Å². The molecule has 1 aliphatic heterocycles. The van der Waals surface area contributed by atoms with Crippen LogP contribution in [0, 0.1) is 5.92 Å². The minimum Gasteiger partial charge on any atom is -0.381 e. The molecule has 1 aromatic heterocycles. The molecule has 0 N–H and O–H groups in total. The lowest BCUT2D eigenvalue weighted by Gasteiger charge is -2.17. The van der Waals surface area contributed by atoms with Gasteiger partial charge in [0.25, 0.3) is 0 Å². The molecule has 1 atom stereocenters. The first-order valence-corrected chi connectivity index (χ1v) is 7.07. The first kappa shape index (κ1) is 14.7. The van der Waals surface area contributed by atoms with Crippen molar-refractivity contribution in [1.82, 2.24) is 14.5 Å². The van der Waals surface area contributed by atoms with Gasteiger partial charge in [-0.05, 0) is 18.9 Å². The third kappa shape index (κ3) is 3.90. The first-order chi connectivity index (χ1) is 9.70. The van der Waals surface area contributed by atoms with E-state index >= 15 is 0 Å². The van der Waals surface area contributed by atoms with E-state index in [1.165, 1.54) is 10.8 Å². The number of aromatic nitrogens is 2. The first-order valence-electron chi connectivity index (χ1n) is 7.07. The highest BCUT2D eigenvalue weighted by Gasteiger charge is 2.26. The maximum absolute atomic E-state index is 12.1. The molecule has 0 saturated carbocycles. The number of likely N-dealkylation sites (tertiary alicyclic amines) is 1. The number of amides is 1. The maximum atomic E-state index is 12.1. The van der Waals surface area contributed by atoms with Crippen LogP contribution in [0.2, 0.25) is 0 Å². The summed E-state index contributed by atoms with van der Waals surface area (Å²) in [6.45, 7) is 5.09. The van der Waals surface area contributed by atoms with Crippen molar-refractivity contribution in [2.75, 3.05) is 26.3 Å². The smallest absolute Gasteiger partial charge is 0.347 e. The number of ether oxygens (including phenoxy) is 1. The molecule has 0 bridgehead atoms. The van der Waals surface area contributed by atoms with E-state index in [2.05, 4.69) is 11.9 Å². The summed E-state index contributed by atoms with van der Waals surface area (Å²) in [4.78, 5) is 29.1. The predicted molar refractivity (Wildman–Crippen MR) is 74.3 cm³/mol. The van der Waals surface area contributed by atoms with E-state index in [0.29, 0.717) is 12.5 Å². The number of rotatable bonds is 6.